The maximum absolute atomic E-state index is 5.48. The van der Waals surface area contributed by atoms with Gasteiger partial charge < -0.3 is 16.4 Å². The zero-order valence-corrected chi connectivity index (χ0v) is 7.83. The van der Waals surface area contributed by atoms with Crippen LogP contribution in [0.1, 0.15) is 5.56 Å². The molecule has 2 heterocycles. The lowest BCUT2D eigenvalue weighted by Gasteiger charge is -2.05. The van der Waals surface area contributed by atoms with Gasteiger partial charge in [-0.15, -0.1) is 0 Å². The minimum atomic E-state index is 0.546. The number of rotatable bonds is 2. The highest BCUT2D eigenvalue weighted by atomic mass is 15.2. The molecular formula is C9H13N5. The Morgan fingerprint density at radius 2 is 2.43 bits per heavy atom. The van der Waals surface area contributed by atoms with Crippen molar-refractivity contribution in [2.75, 3.05) is 18.8 Å². The minimum Gasteiger partial charge on any atom is -0.384 e. The summed E-state index contributed by atoms with van der Waals surface area (Å²) in [6, 6.07) is 3.74. The molecule has 1 aliphatic rings. The van der Waals surface area contributed by atoms with Crippen molar-refractivity contribution >= 4 is 11.8 Å². The standard InChI is InChI=1S/C9H13N5/c10-8-2-1-7(5-13-8)6-14-9-11-3-4-12-9/h1-2,5H,3-4,6H2,(H2,10,13)(H2,11,12,14). The van der Waals surface area contributed by atoms with Gasteiger partial charge in [0.05, 0.1) is 6.54 Å². The van der Waals surface area contributed by atoms with Crippen molar-refractivity contribution in [3.05, 3.63) is 23.9 Å². The van der Waals surface area contributed by atoms with Crippen LogP contribution in [0.5, 0.6) is 0 Å². The SMILES string of the molecule is Nc1ccc(CNC2=NCCN2)cn1. The lowest BCUT2D eigenvalue weighted by molar-refractivity contribution is 0.863. The average molecular weight is 191 g/mol. The molecule has 1 aromatic heterocycles. The van der Waals surface area contributed by atoms with E-state index < -0.39 is 0 Å². The minimum absolute atomic E-state index is 0.546. The Balaban J connectivity index is 1.88. The molecule has 1 aromatic rings. The summed E-state index contributed by atoms with van der Waals surface area (Å²) in [5.74, 6) is 1.41. The van der Waals surface area contributed by atoms with Crippen LogP contribution in [0.15, 0.2) is 23.3 Å². The lowest BCUT2D eigenvalue weighted by Crippen LogP contribution is -2.33. The first-order valence-corrected chi connectivity index (χ1v) is 4.57. The number of guanidine groups is 1. The van der Waals surface area contributed by atoms with Crippen LogP contribution in [0.25, 0.3) is 0 Å². The molecule has 0 fully saturated rings. The second kappa shape index (κ2) is 3.95. The zero-order chi connectivity index (χ0) is 9.80. The van der Waals surface area contributed by atoms with E-state index in [1.807, 2.05) is 6.07 Å². The number of pyridine rings is 1. The topological polar surface area (TPSA) is 75.3 Å². The summed E-state index contributed by atoms with van der Waals surface area (Å²) in [6.07, 6.45) is 1.76. The quantitative estimate of drug-likeness (QED) is 0.600. The molecule has 0 saturated carbocycles. The van der Waals surface area contributed by atoms with Gasteiger partial charge in [0.15, 0.2) is 5.96 Å². The van der Waals surface area contributed by atoms with Crippen LogP contribution in [0.3, 0.4) is 0 Å². The smallest absolute Gasteiger partial charge is 0.191 e. The summed E-state index contributed by atoms with van der Waals surface area (Å²) >= 11 is 0. The number of nitrogens with one attached hydrogen (secondary N) is 2. The Hall–Kier alpha value is -1.78. The molecule has 0 unspecified atom stereocenters. The molecule has 0 bridgehead atoms. The second-order valence-corrected chi connectivity index (χ2v) is 3.10. The molecule has 0 aliphatic carbocycles. The van der Waals surface area contributed by atoms with Gasteiger partial charge in [-0.3, -0.25) is 4.99 Å². The third kappa shape index (κ3) is 2.12. The van der Waals surface area contributed by atoms with Gasteiger partial charge >= 0.3 is 0 Å². The normalized spacial score (nSPS) is 14.7. The van der Waals surface area contributed by atoms with E-state index in [9.17, 15) is 0 Å². The summed E-state index contributed by atoms with van der Waals surface area (Å²) in [7, 11) is 0. The van der Waals surface area contributed by atoms with Crippen molar-refractivity contribution in [1.82, 2.24) is 15.6 Å². The fraction of sp³-hybridized carbons (Fsp3) is 0.333. The molecule has 14 heavy (non-hydrogen) atoms. The van der Waals surface area contributed by atoms with Crippen LogP contribution < -0.4 is 16.4 Å². The van der Waals surface area contributed by atoms with Gasteiger partial charge in [0, 0.05) is 19.3 Å². The third-order valence-corrected chi connectivity index (χ3v) is 1.98. The van der Waals surface area contributed by atoms with Gasteiger partial charge in [-0.1, -0.05) is 6.07 Å². The highest BCUT2D eigenvalue weighted by Gasteiger charge is 2.03. The van der Waals surface area contributed by atoms with Crippen LogP contribution in [-0.4, -0.2) is 24.0 Å². The first-order valence-electron chi connectivity index (χ1n) is 4.57. The molecule has 5 heteroatoms. The molecule has 0 spiro atoms. The van der Waals surface area contributed by atoms with E-state index in [2.05, 4.69) is 20.6 Å². The number of anilines is 1. The number of hydrogen-bond acceptors (Lipinski definition) is 5. The van der Waals surface area contributed by atoms with Gasteiger partial charge in [-0.05, 0) is 11.6 Å². The Morgan fingerprint density at radius 1 is 1.50 bits per heavy atom. The predicted molar refractivity (Wildman–Crippen MR) is 55.8 cm³/mol. The molecule has 1 aliphatic heterocycles. The number of aromatic nitrogens is 1. The third-order valence-electron chi connectivity index (χ3n) is 1.98. The summed E-state index contributed by atoms with van der Waals surface area (Å²) in [6.45, 7) is 2.49. The largest absolute Gasteiger partial charge is 0.384 e. The monoisotopic (exact) mass is 191 g/mol. The molecule has 0 aromatic carbocycles. The number of nitrogens with zero attached hydrogens (tertiary/aromatic N) is 2. The van der Waals surface area contributed by atoms with E-state index in [-0.39, 0.29) is 0 Å². The van der Waals surface area contributed by atoms with Crippen LogP contribution in [-0.2, 0) is 6.54 Å². The highest BCUT2D eigenvalue weighted by Crippen LogP contribution is 2.00. The van der Waals surface area contributed by atoms with Crippen molar-refractivity contribution in [1.29, 1.82) is 0 Å². The average Bonchev–Trinajstić information content (AvgIpc) is 2.70. The van der Waals surface area contributed by atoms with E-state index in [0.717, 1.165) is 31.2 Å². The zero-order valence-electron chi connectivity index (χ0n) is 7.83. The van der Waals surface area contributed by atoms with Gasteiger partial charge in [0.2, 0.25) is 0 Å². The molecular weight excluding hydrogens is 178 g/mol. The number of hydrogen-bond donors (Lipinski definition) is 3. The summed E-state index contributed by atoms with van der Waals surface area (Å²) < 4.78 is 0. The van der Waals surface area contributed by atoms with Crippen LogP contribution >= 0.6 is 0 Å². The molecule has 0 saturated heterocycles. The Labute approximate surface area is 82.4 Å². The maximum atomic E-state index is 5.48. The Morgan fingerprint density at radius 3 is 3.07 bits per heavy atom. The number of aliphatic imine (C=N–C) groups is 1. The predicted octanol–water partition coefficient (Wildman–Crippen LogP) is -0.287. The van der Waals surface area contributed by atoms with Gasteiger partial charge in [-0.2, -0.15) is 0 Å². The van der Waals surface area contributed by atoms with E-state index in [0.29, 0.717) is 5.82 Å². The lowest BCUT2D eigenvalue weighted by atomic mass is 10.3. The fourth-order valence-electron chi connectivity index (χ4n) is 1.24. The van der Waals surface area contributed by atoms with Crippen molar-refractivity contribution in [2.45, 2.75) is 6.54 Å². The number of nitrogen functional groups attached to an aromatic ring is 1. The Kier molecular flexibility index (Phi) is 2.48. The summed E-state index contributed by atoms with van der Waals surface area (Å²) in [5, 5.41) is 6.31. The molecule has 0 radical (unpaired) electrons. The van der Waals surface area contributed by atoms with Crippen molar-refractivity contribution in [2.24, 2.45) is 4.99 Å². The van der Waals surface area contributed by atoms with Gasteiger partial charge in [0.25, 0.3) is 0 Å². The molecule has 4 N–H and O–H groups in total. The fourth-order valence-corrected chi connectivity index (χ4v) is 1.24. The number of nitrogens with two attached hydrogens (primary N) is 1. The van der Waals surface area contributed by atoms with E-state index in [4.69, 9.17) is 5.73 Å². The van der Waals surface area contributed by atoms with Gasteiger partial charge in [-0.25, -0.2) is 4.98 Å². The Bertz CT molecular complexity index is 330. The summed E-state index contributed by atoms with van der Waals surface area (Å²) in [5.41, 5.74) is 6.57. The van der Waals surface area contributed by atoms with Crippen LogP contribution in [0.4, 0.5) is 5.82 Å². The van der Waals surface area contributed by atoms with Crippen molar-refractivity contribution < 1.29 is 0 Å². The van der Waals surface area contributed by atoms with E-state index in [1.165, 1.54) is 0 Å². The first kappa shape index (κ1) is 8.80. The summed E-state index contributed by atoms with van der Waals surface area (Å²) in [4.78, 5) is 8.22. The van der Waals surface area contributed by atoms with E-state index in [1.54, 1.807) is 12.3 Å². The van der Waals surface area contributed by atoms with Crippen molar-refractivity contribution in [3.63, 3.8) is 0 Å². The van der Waals surface area contributed by atoms with E-state index >= 15 is 0 Å². The molecule has 0 amide bonds. The van der Waals surface area contributed by atoms with Crippen LogP contribution in [0, 0.1) is 0 Å². The molecule has 0 atom stereocenters. The maximum Gasteiger partial charge on any atom is 0.191 e. The second-order valence-electron chi connectivity index (χ2n) is 3.10. The molecule has 74 valence electrons. The molecule has 5 nitrogen and oxygen atoms in total. The molecule has 2 rings (SSSR count). The highest BCUT2D eigenvalue weighted by molar-refractivity contribution is 5.81. The van der Waals surface area contributed by atoms with Crippen molar-refractivity contribution in [3.8, 4) is 0 Å². The first-order chi connectivity index (χ1) is 6.84. The van der Waals surface area contributed by atoms with Gasteiger partial charge in [0.1, 0.15) is 5.82 Å². The van der Waals surface area contributed by atoms with Crippen LogP contribution in [0.2, 0.25) is 0 Å².